The van der Waals surface area contributed by atoms with Crippen molar-refractivity contribution in [3.05, 3.63) is 188 Å². The summed E-state index contributed by atoms with van der Waals surface area (Å²) in [4.78, 5) is 35.0. The second-order valence-electron chi connectivity index (χ2n) is 18.4. The molecule has 0 aliphatic carbocycles. The van der Waals surface area contributed by atoms with E-state index in [1.807, 2.05) is 12.1 Å². The highest BCUT2D eigenvalue weighted by Crippen LogP contribution is 2.39. The third kappa shape index (κ3) is 8.77. The van der Waals surface area contributed by atoms with Gasteiger partial charge in [-0.25, -0.2) is 0 Å². The number of rotatable bonds is 16. The minimum absolute atomic E-state index is 0.0198. The molecule has 0 saturated heterocycles. The zero-order valence-electron chi connectivity index (χ0n) is 39.5. The molecule has 0 N–H and O–H groups in total. The summed E-state index contributed by atoms with van der Waals surface area (Å²) in [6.45, 7) is 14.4. The van der Waals surface area contributed by atoms with E-state index in [4.69, 9.17) is 0 Å². The summed E-state index contributed by atoms with van der Waals surface area (Å²) >= 11 is 0. The van der Waals surface area contributed by atoms with Crippen LogP contribution in [0.3, 0.4) is 0 Å². The summed E-state index contributed by atoms with van der Waals surface area (Å²) in [6, 6.07) is 51.0. The lowest BCUT2D eigenvalue weighted by Crippen LogP contribution is -2.17. The summed E-state index contributed by atoms with van der Waals surface area (Å²) in [5, 5.41) is 2.63. The van der Waals surface area contributed by atoms with Gasteiger partial charge in [-0.1, -0.05) is 123 Å². The van der Waals surface area contributed by atoms with Crippen LogP contribution in [0.25, 0.3) is 43.6 Å². The molecular weight excluding hydrogens is 809 g/mol. The fraction of sp³-hybridized carbons (Fsp3) is 0.267. The minimum atomic E-state index is -0.0198. The van der Waals surface area contributed by atoms with Gasteiger partial charge in [0.15, 0.2) is 10.9 Å². The molecule has 0 radical (unpaired) electrons. The fourth-order valence-corrected chi connectivity index (χ4v) is 9.64. The number of nitrogens with zero attached hydrogens (tertiary/aromatic N) is 4. The van der Waals surface area contributed by atoms with E-state index in [1.54, 1.807) is 0 Å². The van der Waals surface area contributed by atoms with E-state index in [2.05, 4.69) is 194 Å². The Morgan fingerprint density at radius 2 is 0.621 bits per heavy atom. The first-order chi connectivity index (χ1) is 32.1. The zero-order valence-corrected chi connectivity index (χ0v) is 39.5. The first kappa shape index (κ1) is 44.3. The van der Waals surface area contributed by atoms with Gasteiger partial charge in [-0.05, 0) is 138 Å². The SMILES string of the molecule is CCCCCCn1c2ccc(N(c3ccc(C)cc3)c3ccc(C)cc3)cc2c(=O)c2cc3c(cc21)c(=O)c1cc(N(c2ccc(C)cc2)c2ccc(C)cc2)ccc1n3CCCCCC. The van der Waals surface area contributed by atoms with Gasteiger partial charge in [-0.15, -0.1) is 0 Å². The van der Waals surface area contributed by atoms with Gasteiger partial charge in [0.2, 0.25) is 0 Å². The van der Waals surface area contributed by atoms with Crippen LogP contribution in [0.4, 0.5) is 34.1 Å². The fourth-order valence-electron chi connectivity index (χ4n) is 9.64. The maximum Gasteiger partial charge on any atom is 0.197 e. The topological polar surface area (TPSA) is 50.5 Å². The van der Waals surface area contributed by atoms with Crippen LogP contribution in [0.2, 0.25) is 0 Å². The largest absolute Gasteiger partial charge is 0.340 e. The van der Waals surface area contributed by atoms with Crippen molar-refractivity contribution in [3.63, 3.8) is 0 Å². The molecule has 7 aromatic carbocycles. The molecule has 66 heavy (non-hydrogen) atoms. The maximum absolute atomic E-state index is 15.3. The van der Waals surface area contributed by atoms with Crippen molar-refractivity contribution in [2.75, 3.05) is 9.80 Å². The standard InChI is InChI=1S/C60H62N4O2/c1-7-9-11-13-35-61-55-33-31-49(63(45-23-15-41(3)16-24-45)46-25-17-42(4)18-26-46)37-51(55)59(65)53-40-58-54(39-57(53)61)60(66)52-38-50(32-34-56(52)62(58)36-14-12-10-8-2)64(47-27-19-43(5)20-28-47)48-29-21-44(6)22-30-48/h15-34,37-40H,7-14,35-36H2,1-6H3. The minimum Gasteiger partial charge on any atom is -0.340 e. The number of fused-ring (bicyclic) bond motifs is 4. The molecule has 0 aliphatic rings. The molecule has 6 nitrogen and oxygen atoms in total. The monoisotopic (exact) mass is 870 g/mol. The van der Waals surface area contributed by atoms with E-state index in [-0.39, 0.29) is 10.9 Å². The van der Waals surface area contributed by atoms with Gasteiger partial charge in [-0.2, -0.15) is 0 Å². The molecule has 0 atom stereocenters. The molecular formula is C60H62N4O2. The van der Waals surface area contributed by atoms with Gasteiger partial charge < -0.3 is 18.9 Å². The van der Waals surface area contributed by atoms with Crippen LogP contribution in [-0.2, 0) is 13.1 Å². The highest BCUT2D eigenvalue weighted by molar-refractivity contribution is 6.05. The Balaban J connectivity index is 1.29. The van der Waals surface area contributed by atoms with Crippen molar-refractivity contribution in [2.24, 2.45) is 0 Å². The summed E-state index contributed by atoms with van der Waals surface area (Å²) in [6.07, 6.45) is 8.66. The third-order valence-corrected chi connectivity index (χ3v) is 13.4. The molecule has 0 unspecified atom stereocenters. The molecule has 6 heteroatoms. The number of unbranched alkanes of at least 4 members (excludes halogenated alkanes) is 6. The van der Waals surface area contributed by atoms with Crippen molar-refractivity contribution in [3.8, 4) is 0 Å². The predicted molar refractivity (Wildman–Crippen MR) is 282 cm³/mol. The smallest absolute Gasteiger partial charge is 0.197 e. The molecule has 0 amide bonds. The number of anilines is 6. The molecule has 0 bridgehead atoms. The van der Waals surface area contributed by atoms with E-state index in [1.165, 1.54) is 22.3 Å². The van der Waals surface area contributed by atoms with E-state index in [0.717, 1.165) is 121 Å². The lowest BCUT2D eigenvalue weighted by atomic mass is 10.0. The van der Waals surface area contributed by atoms with Crippen molar-refractivity contribution < 1.29 is 0 Å². The Kier molecular flexibility index (Phi) is 12.9. The summed E-state index contributed by atoms with van der Waals surface area (Å²) < 4.78 is 4.63. The van der Waals surface area contributed by atoms with Crippen LogP contribution in [0.5, 0.6) is 0 Å². The van der Waals surface area contributed by atoms with Gasteiger partial charge in [0, 0.05) is 68.8 Å². The number of benzene rings is 7. The third-order valence-electron chi connectivity index (χ3n) is 13.4. The first-order valence-electron chi connectivity index (χ1n) is 24.1. The van der Waals surface area contributed by atoms with Crippen molar-refractivity contribution in [1.29, 1.82) is 0 Å². The summed E-state index contributed by atoms with van der Waals surface area (Å²) in [5.41, 5.74) is 14.1. The Bertz CT molecular complexity index is 2980. The Morgan fingerprint density at radius 1 is 0.333 bits per heavy atom. The second-order valence-corrected chi connectivity index (χ2v) is 18.4. The van der Waals surface area contributed by atoms with Crippen molar-refractivity contribution in [2.45, 2.75) is 106 Å². The average molecular weight is 871 g/mol. The van der Waals surface area contributed by atoms with Crippen LogP contribution in [0.1, 0.15) is 87.5 Å². The van der Waals surface area contributed by atoms with Crippen molar-refractivity contribution in [1.82, 2.24) is 9.13 Å². The van der Waals surface area contributed by atoms with Crippen molar-refractivity contribution >= 4 is 77.7 Å². The highest BCUT2D eigenvalue weighted by atomic mass is 16.1. The molecule has 0 spiro atoms. The molecule has 2 heterocycles. The van der Waals surface area contributed by atoms with Gasteiger partial charge in [0.25, 0.3) is 0 Å². The Morgan fingerprint density at radius 3 is 0.924 bits per heavy atom. The van der Waals surface area contributed by atoms with E-state index < -0.39 is 0 Å². The van der Waals surface area contributed by atoms with Crippen LogP contribution in [-0.4, -0.2) is 9.13 Å². The van der Waals surface area contributed by atoms with Gasteiger partial charge >= 0.3 is 0 Å². The van der Waals surface area contributed by atoms with E-state index in [9.17, 15) is 0 Å². The molecule has 9 aromatic rings. The van der Waals surface area contributed by atoms with Crippen LogP contribution < -0.4 is 20.7 Å². The van der Waals surface area contributed by atoms with Crippen LogP contribution in [0.15, 0.2) is 155 Å². The second kappa shape index (κ2) is 19.3. The zero-order chi connectivity index (χ0) is 45.9. The number of aryl methyl sites for hydroxylation is 6. The number of aromatic nitrogens is 2. The van der Waals surface area contributed by atoms with Gasteiger partial charge in [-0.3, -0.25) is 9.59 Å². The molecule has 0 aliphatic heterocycles. The molecule has 2 aromatic heterocycles. The number of hydrogen-bond donors (Lipinski definition) is 0. The molecule has 0 fully saturated rings. The van der Waals surface area contributed by atoms with Crippen LogP contribution in [0, 0.1) is 27.7 Å². The quantitative estimate of drug-likeness (QED) is 0.0717. The lowest BCUT2D eigenvalue weighted by Gasteiger charge is -2.27. The maximum atomic E-state index is 15.3. The number of hydrogen-bond acceptors (Lipinski definition) is 4. The molecule has 9 rings (SSSR count). The lowest BCUT2D eigenvalue weighted by molar-refractivity contribution is 0.600. The van der Waals surface area contributed by atoms with Gasteiger partial charge in [0.05, 0.1) is 22.1 Å². The van der Waals surface area contributed by atoms with E-state index in [0.29, 0.717) is 21.5 Å². The van der Waals surface area contributed by atoms with Gasteiger partial charge in [0.1, 0.15) is 0 Å². The summed E-state index contributed by atoms with van der Waals surface area (Å²) in [7, 11) is 0. The highest BCUT2D eigenvalue weighted by Gasteiger charge is 2.21. The summed E-state index contributed by atoms with van der Waals surface area (Å²) in [5.74, 6) is 0. The van der Waals surface area contributed by atoms with Crippen LogP contribution >= 0.6 is 0 Å². The first-order valence-corrected chi connectivity index (χ1v) is 24.1. The molecule has 0 saturated carbocycles. The average Bonchev–Trinajstić information content (AvgIpc) is 3.33. The predicted octanol–water partition coefficient (Wildman–Crippen LogP) is 16.0. The molecule has 334 valence electrons. The Hall–Kier alpha value is -6.92. The Labute approximate surface area is 389 Å². The normalized spacial score (nSPS) is 11.6. The number of pyridine rings is 2. The van der Waals surface area contributed by atoms with E-state index >= 15 is 9.59 Å².